The van der Waals surface area contributed by atoms with Crippen molar-refractivity contribution >= 4 is 16.8 Å². The topological polar surface area (TPSA) is 72.0 Å². The molecule has 3 fully saturated rings. The van der Waals surface area contributed by atoms with Crippen molar-refractivity contribution in [3.05, 3.63) is 40.2 Å². The summed E-state index contributed by atoms with van der Waals surface area (Å²) >= 11 is 0. The Kier molecular flexibility index (Phi) is 3.04. The largest absolute Gasteiger partial charge is 0.507 e. The molecule has 0 radical (unpaired) electrons. The minimum Gasteiger partial charge on any atom is -0.507 e. The molecular weight excluding hydrogens is 282 g/mol. The number of nitrogens with one attached hydrogen (secondary N) is 1. The molecule has 1 atom stereocenters. The van der Waals surface area contributed by atoms with E-state index in [1.165, 1.54) is 4.90 Å². The highest BCUT2D eigenvalue weighted by Gasteiger charge is 2.45. The van der Waals surface area contributed by atoms with Gasteiger partial charge < -0.3 is 14.4 Å². The molecule has 2 aromatic rings. The lowest BCUT2D eigenvalue weighted by atomic mass is 9.80. The Bertz CT molecular complexity index is 802. The summed E-state index contributed by atoms with van der Waals surface area (Å²) in [6, 6.07) is 6.70. The number of quaternary nitrogens is 1. The number of aromatic hydroxyl groups is 1. The van der Waals surface area contributed by atoms with Crippen molar-refractivity contribution in [3.8, 4) is 5.75 Å². The van der Waals surface area contributed by atoms with Gasteiger partial charge >= 0.3 is 5.63 Å². The molecule has 22 heavy (non-hydrogen) atoms. The third-order valence-electron chi connectivity index (χ3n) is 5.15. The van der Waals surface area contributed by atoms with Gasteiger partial charge in [-0.15, -0.1) is 0 Å². The van der Waals surface area contributed by atoms with Gasteiger partial charge in [-0.1, -0.05) is 12.1 Å². The third-order valence-corrected chi connectivity index (χ3v) is 5.15. The van der Waals surface area contributed by atoms with E-state index in [0.717, 1.165) is 25.9 Å². The highest BCUT2D eigenvalue weighted by atomic mass is 16.4. The van der Waals surface area contributed by atoms with Crippen molar-refractivity contribution in [1.82, 2.24) is 0 Å². The second-order valence-corrected chi connectivity index (χ2v) is 6.30. The Morgan fingerprint density at radius 1 is 1.18 bits per heavy atom. The molecule has 0 spiro atoms. The van der Waals surface area contributed by atoms with Crippen LogP contribution in [0.2, 0.25) is 0 Å². The highest BCUT2D eigenvalue weighted by Crippen LogP contribution is 2.28. The van der Waals surface area contributed by atoms with Crippen molar-refractivity contribution in [2.45, 2.75) is 25.3 Å². The summed E-state index contributed by atoms with van der Waals surface area (Å²) in [6.07, 6.45) is 2.16. The first-order chi connectivity index (χ1) is 10.6. The number of carbonyl (C=O) groups is 1. The van der Waals surface area contributed by atoms with Crippen LogP contribution < -0.4 is 10.5 Å². The average molecular weight is 300 g/mol. The smallest absolute Gasteiger partial charge is 0.343 e. The second-order valence-electron chi connectivity index (χ2n) is 6.30. The van der Waals surface area contributed by atoms with Gasteiger partial charge in [-0.3, -0.25) is 4.79 Å². The van der Waals surface area contributed by atoms with Gasteiger partial charge in [0.25, 0.3) is 0 Å². The monoisotopic (exact) mass is 300 g/mol. The zero-order chi connectivity index (χ0) is 15.3. The summed E-state index contributed by atoms with van der Waals surface area (Å²) in [5.41, 5.74) is 0.0704. The summed E-state index contributed by atoms with van der Waals surface area (Å²) < 4.78 is 5.29. The molecular formula is C17H18NO4+. The maximum absolute atomic E-state index is 12.4. The van der Waals surface area contributed by atoms with Crippen molar-refractivity contribution < 1.29 is 19.2 Å². The van der Waals surface area contributed by atoms with Gasteiger partial charge in [-0.2, -0.15) is 0 Å². The van der Waals surface area contributed by atoms with Crippen LogP contribution in [0, 0.1) is 5.92 Å². The summed E-state index contributed by atoms with van der Waals surface area (Å²) in [6.45, 7) is 1.95. The van der Waals surface area contributed by atoms with E-state index in [4.69, 9.17) is 4.42 Å². The Labute approximate surface area is 127 Å². The molecule has 4 heterocycles. The van der Waals surface area contributed by atoms with Crippen LogP contribution in [0.1, 0.15) is 18.4 Å². The van der Waals surface area contributed by atoms with Crippen molar-refractivity contribution in [2.24, 2.45) is 5.92 Å². The normalized spacial score (nSPS) is 27.5. The molecule has 5 heteroatoms. The van der Waals surface area contributed by atoms with Crippen molar-refractivity contribution in [2.75, 3.05) is 13.1 Å². The van der Waals surface area contributed by atoms with Crippen LogP contribution in [-0.2, 0) is 11.2 Å². The maximum atomic E-state index is 12.4. The summed E-state index contributed by atoms with van der Waals surface area (Å²) in [5.74, 6) is 0.332. The van der Waals surface area contributed by atoms with Gasteiger partial charge in [0.1, 0.15) is 11.3 Å². The van der Waals surface area contributed by atoms with Gasteiger partial charge in [0.05, 0.1) is 24.0 Å². The number of para-hydroxylation sites is 1. The second kappa shape index (κ2) is 4.95. The fourth-order valence-electron chi connectivity index (χ4n) is 3.91. The first-order valence-corrected chi connectivity index (χ1v) is 7.77. The predicted octanol–water partition coefficient (Wildman–Crippen LogP) is 0.287. The lowest BCUT2D eigenvalue weighted by molar-refractivity contribution is -0.927. The maximum Gasteiger partial charge on any atom is 0.343 e. The van der Waals surface area contributed by atoms with Crippen LogP contribution in [0.3, 0.4) is 0 Å². The minimum absolute atomic E-state index is 0.0401. The first-order valence-electron chi connectivity index (χ1n) is 7.77. The van der Waals surface area contributed by atoms with Crippen LogP contribution in [0.25, 0.3) is 11.0 Å². The van der Waals surface area contributed by atoms with Gasteiger partial charge in [-0.05, 0) is 12.1 Å². The number of hydrogen-bond donors (Lipinski definition) is 2. The number of benzene rings is 1. The first kappa shape index (κ1) is 13.5. The molecule has 5 rings (SSSR count). The lowest BCUT2D eigenvalue weighted by Crippen LogP contribution is -3.20. The molecule has 5 nitrogen and oxygen atoms in total. The molecule has 1 aromatic carbocycles. The Morgan fingerprint density at radius 2 is 1.91 bits per heavy atom. The van der Waals surface area contributed by atoms with E-state index in [1.807, 2.05) is 0 Å². The van der Waals surface area contributed by atoms with E-state index in [9.17, 15) is 14.7 Å². The molecule has 2 N–H and O–H groups in total. The number of hydrogen-bond acceptors (Lipinski definition) is 4. The minimum atomic E-state index is -0.536. The number of piperidine rings is 3. The Balaban J connectivity index is 1.76. The molecule has 0 unspecified atom stereocenters. The summed E-state index contributed by atoms with van der Waals surface area (Å²) in [4.78, 5) is 25.9. The summed E-state index contributed by atoms with van der Waals surface area (Å²) in [5, 5.41) is 11.0. The van der Waals surface area contributed by atoms with Gasteiger partial charge in [0, 0.05) is 25.2 Å². The van der Waals surface area contributed by atoms with Crippen LogP contribution in [0.5, 0.6) is 5.75 Å². The number of Topliss-reactive ketones (excluding diaryl/α,β-unsaturated/α-hetero) is 1. The number of ketones is 1. The van der Waals surface area contributed by atoms with Crippen molar-refractivity contribution in [1.29, 1.82) is 0 Å². The van der Waals surface area contributed by atoms with Gasteiger partial charge in [-0.25, -0.2) is 4.79 Å². The predicted molar refractivity (Wildman–Crippen MR) is 80.1 cm³/mol. The lowest BCUT2D eigenvalue weighted by Gasteiger charge is -2.40. The van der Waals surface area contributed by atoms with E-state index in [-0.39, 0.29) is 35.5 Å². The quantitative estimate of drug-likeness (QED) is 0.782. The van der Waals surface area contributed by atoms with E-state index in [1.54, 1.807) is 24.3 Å². The Hall–Kier alpha value is -2.14. The van der Waals surface area contributed by atoms with Crippen LogP contribution in [0.4, 0.5) is 0 Å². The SMILES string of the molecule is O=C1C2CC[NH+](CC2)[C@@H]1Cc1c(O)c2ccccc2oc1=O. The zero-order valence-electron chi connectivity index (χ0n) is 12.2. The highest BCUT2D eigenvalue weighted by molar-refractivity contribution is 5.87. The van der Waals surface area contributed by atoms with E-state index < -0.39 is 5.63 Å². The van der Waals surface area contributed by atoms with E-state index >= 15 is 0 Å². The van der Waals surface area contributed by atoms with E-state index in [0.29, 0.717) is 11.0 Å². The third kappa shape index (κ3) is 1.96. The fraction of sp³-hybridized carbons (Fsp3) is 0.412. The molecule has 1 aromatic heterocycles. The standard InChI is InChI=1S/C17H17NO4/c19-15-10-5-7-18(8-6-10)13(15)9-12-16(20)11-3-1-2-4-14(11)22-17(12)21/h1-4,10,13,20H,5-9H2/p+1/t13-/m1/s1. The molecule has 3 aliphatic rings. The van der Waals surface area contributed by atoms with Crippen LogP contribution in [0.15, 0.2) is 33.5 Å². The van der Waals surface area contributed by atoms with Gasteiger partial charge in [0.2, 0.25) is 0 Å². The van der Waals surface area contributed by atoms with Crippen LogP contribution in [-0.4, -0.2) is 30.0 Å². The summed E-state index contributed by atoms with van der Waals surface area (Å²) in [7, 11) is 0. The average Bonchev–Trinajstić information content (AvgIpc) is 2.54. The zero-order valence-corrected chi connectivity index (χ0v) is 12.2. The molecule has 3 aliphatic heterocycles. The molecule has 114 valence electrons. The molecule has 2 bridgehead atoms. The van der Waals surface area contributed by atoms with E-state index in [2.05, 4.69) is 0 Å². The number of fused-ring (bicyclic) bond motifs is 4. The fourth-order valence-corrected chi connectivity index (χ4v) is 3.91. The molecule has 0 saturated carbocycles. The van der Waals surface area contributed by atoms with Crippen LogP contribution >= 0.6 is 0 Å². The number of rotatable bonds is 2. The molecule has 3 saturated heterocycles. The van der Waals surface area contributed by atoms with Crippen molar-refractivity contribution in [3.63, 3.8) is 0 Å². The molecule has 0 amide bonds. The number of carbonyl (C=O) groups excluding carboxylic acids is 1. The van der Waals surface area contributed by atoms with Gasteiger partial charge in [0.15, 0.2) is 11.8 Å². The molecule has 0 aliphatic carbocycles. The Morgan fingerprint density at radius 3 is 2.64 bits per heavy atom.